The van der Waals surface area contributed by atoms with Crippen molar-refractivity contribution in [3.63, 3.8) is 0 Å². The van der Waals surface area contributed by atoms with E-state index in [0.29, 0.717) is 11.7 Å². The summed E-state index contributed by atoms with van der Waals surface area (Å²) in [6, 6.07) is 6.13. The maximum Gasteiger partial charge on any atom is 0.182 e. The van der Waals surface area contributed by atoms with Crippen LogP contribution in [0.2, 0.25) is 0 Å². The Morgan fingerprint density at radius 3 is 2.50 bits per heavy atom. The van der Waals surface area contributed by atoms with Crippen LogP contribution in [-0.4, -0.2) is 48.9 Å². The topological polar surface area (TPSA) is 76.5 Å². The highest BCUT2D eigenvalue weighted by Gasteiger charge is 2.29. The average Bonchev–Trinajstić information content (AvgIpc) is 3.38. The first kappa shape index (κ1) is 21.9. The van der Waals surface area contributed by atoms with E-state index in [0.717, 1.165) is 65.2 Å². The Balaban J connectivity index is 1.70. The SMILES string of the molecule is CCc1nc2n(c1-c1cc(C)n(C)n1)N=C(C)C2=Nc1ccc(N(CC)CC(C)C)cn1. The Morgan fingerprint density at radius 2 is 1.94 bits per heavy atom. The number of aromatic nitrogens is 5. The molecule has 0 aromatic carbocycles. The van der Waals surface area contributed by atoms with Crippen LogP contribution in [0.25, 0.3) is 11.4 Å². The Morgan fingerprint density at radius 1 is 1.16 bits per heavy atom. The van der Waals surface area contributed by atoms with Gasteiger partial charge in [0.1, 0.15) is 17.1 Å². The number of rotatable bonds is 7. The second-order valence-electron chi connectivity index (χ2n) is 8.64. The number of aliphatic imine (C=N–C) groups is 1. The van der Waals surface area contributed by atoms with Crippen molar-refractivity contribution in [1.29, 1.82) is 0 Å². The van der Waals surface area contributed by atoms with E-state index in [2.05, 4.69) is 54.8 Å². The monoisotopic (exact) mass is 432 g/mol. The van der Waals surface area contributed by atoms with Crippen LogP contribution in [0.15, 0.2) is 34.5 Å². The molecule has 0 aliphatic carbocycles. The number of aryl methyl sites for hydroxylation is 3. The first-order valence-electron chi connectivity index (χ1n) is 11.3. The third-order valence-electron chi connectivity index (χ3n) is 5.71. The summed E-state index contributed by atoms with van der Waals surface area (Å²) in [4.78, 5) is 16.6. The lowest BCUT2D eigenvalue weighted by atomic mass is 10.2. The summed E-state index contributed by atoms with van der Waals surface area (Å²) in [7, 11) is 1.95. The fourth-order valence-electron chi connectivity index (χ4n) is 3.98. The summed E-state index contributed by atoms with van der Waals surface area (Å²) < 4.78 is 3.75. The van der Waals surface area contributed by atoms with E-state index < -0.39 is 0 Å². The van der Waals surface area contributed by atoms with Gasteiger partial charge in [-0.05, 0) is 51.3 Å². The zero-order valence-corrected chi connectivity index (χ0v) is 20.1. The molecule has 3 aromatic rings. The summed E-state index contributed by atoms with van der Waals surface area (Å²) in [5.41, 5.74) is 6.57. The molecule has 0 N–H and O–H groups in total. The Labute approximate surface area is 189 Å². The number of hydrogen-bond acceptors (Lipinski definition) is 6. The number of imidazole rings is 1. The predicted octanol–water partition coefficient (Wildman–Crippen LogP) is 4.39. The number of pyridine rings is 1. The molecule has 0 bridgehead atoms. The lowest BCUT2D eigenvalue weighted by molar-refractivity contribution is 0.618. The molecule has 8 heteroatoms. The van der Waals surface area contributed by atoms with Crippen LogP contribution in [0.4, 0.5) is 11.5 Å². The average molecular weight is 433 g/mol. The van der Waals surface area contributed by atoms with Crippen molar-refractivity contribution in [3.05, 3.63) is 41.6 Å². The molecule has 0 radical (unpaired) electrons. The predicted molar refractivity (Wildman–Crippen MR) is 130 cm³/mol. The molecule has 0 amide bonds. The second-order valence-corrected chi connectivity index (χ2v) is 8.64. The molecule has 3 aromatic heterocycles. The van der Waals surface area contributed by atoms with Crippen LogP contribution in [0.5, 0.6) is 0 Å². The maximum atomic E-state index is 4.88. The van der Waals surface area contributed by atoms with Gasteiger partial charge in [-0.1, -0.05) is 20.8 Å². The summed E-state index contributed by atoms with van der Waals surface area (Å²) in [5, 5.41) is 9.42. The fourth-order valence-corrected chi connectivity index (χ4v) is 3.98. The van der Waals surface area contributed by atoms with Gasteiger partial charge in [0, 0.05) is 25.8 Å². The zero-order chi connectivity index (χ0) is 23.0. The largest absolute Gasteiger partial charge is 0.370 e. The molecule has 4 rings (SSSR count). The van der Waals surface area contributed by atoms with Crippen molar-refractivity contribution < 1.29 is 0 Å². The van der Waals surface area contributed by atoms with E-state index in [4.69, 9.17) is 15.1 Å². The number of nitrogens with zero attached hydrogens (tertiary/aromatic N) is 8. The number of anilines is 1. The molecule has 168 valence electrons. The normalized spacial score (nSPS) is 14.4. The summed E-state index contributed by atoms with van der Waals surface area (Å²) in [6.07, 6.45) is 2.70. The summed E-state index contributed by atoms with van der Waals surface area (Å²) >= 11 is 0. The quantitative estimate of drug-likeness (QED) is 0.555. The maximum absolute atomic E-state index is 4.88. The van der Waals surface area contributed by atoms with E-state index in [9.17, 15) is 0 Å². The highest BCUT2D eigenvalue weighted by molar-refractivity contribution is 6.48. The zero-order valence-electron chi connectivity index (χ0n) is 20.1. The molecule has 0 saturated heterocycles. The van der Waals surface area contributed by atoms with Gasteiger partial charge in [-0.3, -0.25) is 4.68 Å². The first-order chi connectivity index (χ1) is 15.3. The van der Waals surface area contributed by atoms with E-state index in [1.807, 2.05) is 42.5 Å². The molecular weight excluding hydrogens is 400 g/mol. The first-order valence-corrected chi connectivity index (χ1v) is 11.3. The summed E-state index contributed by atoms with van der Waals surface area (Å²) in [6.45, 7) is 14.7. The standard InChI is InChI=1S/C24H32N8/c1-8-19-23(20-12-16(5)30(7)29-20)32-24(26-19)22(17(6)28-32)27-21-11-10-18(13-25-21)31(9-2)14-15(3)4/h10-13,15H,8-9,14H2,1-7H3. The van der Waals surface area contributed by atoms with Crippen molar-refractivity contribution in [2.45, 2.75) is 48.0 Å². The highest BCUT2D eigenvalue weighted by atomic mass is 15.4. The molecular formula is C24H32N8. The van der Waals surface area contributed by atoms with Crippen LogP contribution in [0, 0.1) is 12.8 Å². The van der Waals surface area contributed by atoms with Gasteiger partial charge in [0.25, 0.3) is 0 Å². The third kappa shape index (κ3) is 3.97. The molecule has 0 spiro atoms. The van der Waals surface area contributed by atoms with E-state index in [1.165, 1.54) is 0 Å². The van der Waals surface area contributed by atoms with E-state index >= 15 is 0 Å². The Bertz CT molecular complexity index is 1160. The van der Waals surface area contributed by atoms with Crippen LogP contribution < -0.4 is 4.90 Å². The van der Waals surface area contributed by atoms with Crippen molar-refractivity contribution in [2.75, 3.05) is 18.0 Å². The van der Waals surface area contributed by atoms with Crippen LogP contribution in [0.1, 0.15) is 51.8 Å². The van der Waals surface area contributed by atoms with Crippen molar-refractivity contribution in [1.82, 2.24) is 24.4 Å². The van der Waals surface area contributed by atoms with Crippen molar-refractivity contribution >= 4 is 22.9 Å². The lowest BCUT2D eigenvalue weighted by Gasteiger charge is -2.24. The third-order valence-corrected chi connectivity index (χ3v) is 5.71. The lowest BCUT2D eigenvalue weighted by Crippen LogP contribution is -2.27. The molecule has 1 aliphatic heterocycles. The van der Waals surface area contributed by atoms with Gasteiger partial charge >= 0.3 is 0 Å². The minimum atomic E-state index is 0.593. The van der Waals surface area contributed by atoms with Gasteiger partial charge in [0.2, 0.25) is 0 Å². The fraction of sp³-hybridized carbons (Fsp3) is 0.458. The molecule has 8 nitrogen and oxygen atoms in total. The minimum Gasteiger partial charge on any atom is -0.370 e. The number of hydrogen-bond donors (Lipinski definition) is 0. The highest BCUT2D eigenvalue weighted by Crippen LogP contribution is 2.29. The van der Waals surface area contributed by atoms with E-state index in [-0.39, 0.29) is 0 Å². The van der Waals surface area contributed by atoms with Gasteiger partial charge in [-0.2, -0.15) is 10.2 Å². The molecule has 0 fully saturated rings. The Kier molecular flexibility index (Phi) is 5.95. The molecule has 32 heavy (non-hydrogen) atoms. The van der Waals surface area contributed by atoms with Crippen molar-refractivity contribution in [2.24, 2.45) is 23.1 Å². The molecule has 0 atom stereocenters. The van der Waals surface area contributed by atoms with Crippen LogP contribution in [-0.2, 0) is 13.5 Å². The molecule has 4 heterocycles. The van der Waals surface area contributed by atoms with E-state index in [1.54, 1.807) is 0 Å². The molecule has 1 aliphatic rings. The van der Waals surface area contributed by atoms with Gasteiger partial charge < -0.3 is 4.90 Å². The van der Waals surface area contributed by atoms with Gasteiger partial charge in [0.15, 0.2) is 11.6 Å². The van der Waals surface area contributed by atoms with Crippen LogP contribution >= 0.6 is 0 Å². The Hall–Kier alpha value is -3.29. The molecule has 0 saturated carbocycles. The van der Waals surface area contributed by atoms with Gasteiger partial charge in [0.05, 0.1) is 23.3 Å². The smallest absolute Gasteiger partial charge is 0.182 e. The summed E-state index contributed by atoms with van der Waals surface area (Å²) in [5.74, 6) is 2.00. The molecule has 0 unspecified atom stereocenters. The van der Waals surface area contributed by atoms with Gasteiger partial charge in [-0.15, -0.1) is 0 Å². The number of fused-ring (bicyclic) bond motifs is 1. The van der Waals surface area contributed by atoms with Crippen molar-refractivity contribution in [3.8, 4) is 11.4 Å². The minimum absolute atomic E-state index is 0.593. The second kappa shape index (κ2) is 8.68. The van der Waals surface area contributed by atoms with Gasteiger partial charge in [-0.25, -0.2) is 19.6 Å². The van der Waals surface area contributed by atoms with Crippen LogP contribution in [0.3, 0.4) is 0 Å².